The highest BCUT2D eigenvalue weighted by molar-refractivity contribution is 6.31. The fourth-order valence-electron chi connectivity index (χ4n) is 3.79. The molecule has 0 spiro atoms. The van der Waals surface area contributed by atoms with Crippen LogP contribution in [0.15, 0.2) is 54.2 Å². The Hall–Kier alpha value is -2.26. The Morgan fingerprint density at radius 2 is 2.00 bits per heavy atom. The SMILES string of the molecule is CCN1/C(=C\C=N)C(C)(Cc2ccccc2Cl)c2cc(OC)ccc21. The first kappa shape index (κ1) is 17.6. The summed E-state index contributed by atoms with van der Waals surface area (Å²) in [5.41, 5.74) is 4.33. The van der Waals surface area contributed by atoms with Crippen molar-refractivity contribution in [2.24, 2.45) is 0 Å². The maximum atomic E-state index is 7.64. The Bertz CT molecular complexity index is 830. The van der Waals surface area contributed by atoms with Crippen molar-refractivity contribution in [3.63, 3.8) is 0 Å². The van der Waals surface area contributed by atoms with Gasteiger partial charge in [-0.1, -0.05) is 29.8 Å². The molecule has 0 amide bonds. The number of benzene rings is 2. The van der Waals surface area contributed by atoms with Crippen LogP contribution in [0.25, 0.3) is 0 Å². The van der Waals surface area contributed by atoms with Gasteiger partial charge in [-0.3, -0.25) is 0 Å². The number of anilines is 1. The Morgan fingerprint density at radius 1 is 1.24 bits per heavy atom. The maximum absolute atomic E-state index is 7.64. The third-order valence-corrected chi connectivity index (χ3v) is 5.37. The van der Waals surface area contributed by atoms with E-state index in [4.69, 9.17) is 21.7 Å². The summed E-state index contributed by atoms with van der Waals surface area (Å²) in [6.07, 6.45) is 4.03. The Balaban J connectivity index is 2.19. The van der Waals surface area contributed by atoms with E-state index in [1.165, 1.54) is 17.5 Å². The monoisotopic (exact) mass is 354 g/mol. The lowest BCUT2D eigenvalue weighted by Gasteiger charge is -2.30. The Kier molecular flexibility index (Phi) is 4.87. The second-order valence-electron chi connectivity index (χ2n) is 6.45. The first-order chi connectivity index (χ1) is 12.0. The van der Waals surface area contributed by atoms with Gasteiger partial charge in [0.2, 0.25) is 0 Å². The molecule has 1 atom stereocenters. The summed E-state index contributed by atoms with van der Waals surface area (Å²) in [6, 6.07) is 14.2. The van der Waals surface area contributed by atoms with Crippen molar-refractivity contribution in [1.82, 2.24) is 0 Å². The van der Waals surface area contributed by atoms with Gasteiger partial charge in [0.05, 0.1) is 7.11 Å². The number of fused-ring (bicyclic) bond motifs is 1. The Labute approximate surface area is 154 Å². The molecule has 2 aromatic carbocycles. The number of nitrogens with one attached hydrogen (secondary N) is 1. The number of hydrogen-bond donors (Lipinski definition) is 1. The zero-order valence-corrected chi connectivity index (χ0v) is 15.6. The van der Waals surface area contributed by atoms with Crippen LogP contribution in [-0.4, -0.2) is 19.9 Å². The summed E-state index contributed by atoms with van der Waals surface area (Å²) in [4.78, 5) is 2.27. The average molecular weight is 355 g/mol. The molecule has 1 N–H and O–H groups in total. The second-order valence-corrected chi connectivity index (χ2v) is 6.85. The molecule has 0 radical (unpaired) electrons. The fourth-order valence-corrected chi connectivity index (χ4v) is 3.99. The molecule has 130 valence electrons. The molecule has 1 unspecified atom stereocenters. The van der Waals surface area contributed by atoms with Crippen molar-refractivity contribution in [1.29, 1.82) is 5.41 Å². The fraction of sp³-hybridized carbons (Fsp3) is 0.286. The van der Waals surface area contributed by atoms with Gasteiger partial charge in [0.1, 0.15) is 5.75 Å². The molecule has 3 nitrogen and oxygen atoms in total. The van der Waals surface area contributed by atoms with Gasteiger partial charge < -0.3 is 15.0 Å². The van der Waals surface area contributed by atoms with E-state index in [2.05, 4.69) is 36.9 Å². The molecule has 1 heterocycles. The molecule has 0 aromatic heterocycles. The molecule has 4 heteroatoms. The first-order valence-corrected chi connectivity index (χ1v) is 8.83. The number of ether oxygens (including phenoxy) is 1. The summed E-state index contributed by atoms with van der Waals surface area (Å²) >= 11 is 6.44. The van der Waals surface area contributed by atoms with E-state index in [-0.39, 0.29) is 5.41 Å². The number of hydrogen-bond acceptors (Lipinski definition) is 3. The van der Waals surface area contributed by atoms with Gasteiger partial charge in [-0.15, -0.1) is 0 Å². The lowest BCUT2D eigenvalue weighted by Crippen LogP contribution is -2.30. The van der Waals surface area contributed by atoms with Gasteiger partial charge in [-0.05, 0) is 61.7 Å². The van der Waals surface area contributed by atoms with E-state index >= 15 is 0 Å². The van der Waals surface area contributed by atoms with Crippen LogP contribution in [0.5, 0.6) is 5.75 Å². The molecule has 0 bridgehead atoms. The molecule has 0 saturated heterocycles. The van der Waals surface area contributed by atoms with Gasteiger partial charge in [-0.25, -0.2) is 0 Å². The smallest absolute Gasteiger partial charge is 0.119 e. The zero-order chi connectivity index (χ0) is 18.0. The van der Waals surface area contributed by atoms with Gasteiger partial charge in [-0.2, -0.15) is 0 Å². The largest absolute Gasteiger partial charge is 0.497 e. The Morgan fingerprint density at radius 3 is 2.64 bits per heavy atom. The van der Waals surface area contributed by atoms with Crippen molar-refractivity contribution in [3.05, 3.63) is 70.4 Å². The third kappa shape index (κ3) is 2.93. The summed E-state index contributed by atoms with van der Waals surface area (Å²) in [5, 5.41) is 8.41. The number of rotatable bonds is 5. The molecule has 1 aliphatic rings. The number of likely N-dealkylation sites (N-methyl/N-ethyl adjacent to an activating group) is 1. The van der Waals surface area contributed by atoms with Crippen LogP contribution >= 0.6 is 11.6 Å². The van der Waals surface area contributed by atoms with Gasteiger partial charge in [0.15, 0.2) is 0 Å². The highest BCUT2D eigenvalue weighted by atomic mass is 35.5. The van der Waals surface area contributed by atoms with Crippen molar-refractivity contribution in [2.75, 3.05) is 18.6 Å². The summed E-state index contributed by atoms with van der Waals surface area (Å²) in [6.45, 7) is 5.20. The van der Waals surface area contributed by atoms with Crippen molar-refractivity contribution < 1.29 is 4.74 Å². The van der Waals surface area contributed by atoms with E-state index < -0.39 is 0 Å². The van der Waals surface area contributed by atoms with Crippen LogP contribution in [0.4, 0.5) is 5.69 Å². The van der Waals surface area contributed by atoms with Crippen LogP contribution in [0.2, 0.25) is 5.02 Å². The van der Waals surface area contributed by atoms with Crippen LogP contribution in [-0.2, 0) is 11.8 Å². The molecule has 25 heavy (non-hydrogen) atoms. The predicted octanol–water partition coefficient (Wildman–Crippen LogP) is 5.22. The third-order valence-electron chi connectivity index (χ3n) is 5.00. The lowest BCUT2D eigenvalue weighted by atomic mass is 9.76. The summed E-state index contributed by atoms with van der Waals surface area (Å²) in [5.74, 6) is 0.844. The molecular formula is C21H23ClN2O. The minimum Gasteiger partial charge on any atom is -0.497 e. The van der Waals surface area contributed by atoms with Gasteiger partial charge in [0, 0.05) is 34.6 Å². The van der Waals surface area contributed by atoms with Gasteiger partial charge in [0.25, 0.3) is 0 Å². The summed E-state index contributed by atoms with van der Waals surface area (Å²) in [7, 11) is 1.69. The molecular weight excluding hydrogens is 332 g/mol. The first-order valence-electron chi connectivity index (χ1n) is 8.46. The maximum Gasteiger partial charge on any atom is 0.119 e. The highest BCUT2D eigenvalue weighted by Gasteiger charge is 2.43. The topological polar surface area (TPSA) is 36.3 Å². The van der Waals surface area contributed by atoms with Crippen molar-refractivity contribution in [2.45, 2.75) is 25.7 Å². The van der Waals surface area contributed by atoms with Crippen LogP contribution in [0.3, 0.4) is 0 Å². The normalized spacial score (nSPS) is 20.6. The highest BCUT2D eigenvalue weighted by Crippen LogP contribution is 2.50. The van der Waals surface area contributed by atoms with E-state index in [1.54, 1.807) is 7.11 Å². The predicted molar refractivity (Wildman–Crippen MR) is 105 cm³/mol. The molecule has 1 aliphatic heterocycles. The van der Waals surface area contributed by atoms with Gasteiger partial charge >= 0.3 is 0 Å². The van der Waals surface area contributed by atoms with Crippen molar-refractivity contribution >= 4 is 23.5 Å². The van der Waals surface area contributed by atoms with Crippen LogP contribution < -0.4 is 9.64 Å². The number of methoxy groups -OCH3 is 1. The van der Waals surface area contributed by atoms with E-state index in [0.717, 1.165) is 35.0 Å². The van der Waals surface area contributed by atoms with Crippen LogP contribution in [0.1, 0.15) is 25.0 Å². The van der Waals surface area contributed by atoms with Crippen LogP contribution in [0, 0.1) is 5.41 Å². The molecule has 0 fully saturated rings. The standard InChI is InChI=1S/C21H23ClN2O/c1-4-24-19-10-9-16(25-3)13-17(19)21(2,20(24)11-12-23)14-15-7-5-6-8-18(15)22/h5-13,23H,4,14H2,1-3H3/b20-11-,23-12?. The lowest BCUT2D eigenvalue weighted by molar-refractivity contribution is 0.413. The molecule has 0 saturated carbocycles. The number of nitrogens with zero attached hydrogens (tertiary/aromatic N) is 1. The van der Waals surface area contributed by atoms with E-state index in [1.807, 2.05) is 30.3 Å². The van der Waals surface area contributed by atoms with E-state index in [9.17, 15) is 0 Å². The second kappa shape index (κ2) is 6.93. The minimum atomic E-state index is -0.275. The molecule has 0 aliphatic carbocycles. The quantitative estimate of drug-likeness (QED) is 0.747. The van der Waals surface area contributed by atoms with E-state index in [0.29, 0.717) is 0 Å². The van der Waals surface area contributed by atoms with Crippen molar-refractivity contribution in [3.8, 4) is 5.75 Å². The molecule has 2 aromatic rings. The number of allylic oxidation sites excluding steroid dienone is 2. The minimum absolute atomic E-state index is 0.275. The average Bonchev–Trinajstić information content (AvgIpc) is 2.85. The molecule has 3 rings (SSSR count). The number of halogens is 1. The zero-order valence-electron chi connectivity index (χ0n) is 14.8. The summed E-state index contributed by atoms with van der Waals surface area (Å²) < 4.78 is 5.46.